The van der Waals surface area contributed by atoms with Gasteiger partial charge in [0.2, 0.25) is 5.91 Å². The van der Waals surface area contributed by atoms with Gasteiger partial charge in [-0.15, -0.1) is 0 Å². The molecule has 178 valence electrons. The minimum Gasteiger partial charge on any atom is -0.273 e. The Balaban J connectivity index is 2.03. The molecule has 0 fully saturated rings. The number of carbonyl (C=O) groups is 1. The number of nitrogens with zero attached hydrogens (tertiary/aromatic N) is 4. The Kier molecular flexibility index (Phi) is 8.40. The zero-order valence-electron chi connectivity index (χ0n) is 19.4. The molecular formula is C25H27F2N5OS. The zero-order valence-corrected chi connectivity index (χ0v) is 20.2. The number of rotatable bonds is 8. The number of hydrogen-bond acceptors (Lipinski definition) is 4. The first-order valence-corrected chi connectivity index (χ1v) is 11.9. The van der Waals surface area contributed by atoms with Crippen LogP contribution >= 0.6 is 11.8 Å². The van der Waals surface area contributed by atoms with Crippen LogP contribution in [-0.2, 0) is 9.67 Å². The summed E-state index contributed by atoms with van der Waals surface area (Å²) >= 11 is 1.25. The van der Waals surface area contributed by atoms with E-state index in [1.807, 2.05) is 37.3 Å². The largest absolute Gasteiger partial charge is 0.273 e. The van der Waals surface area contributed by atoms with Crippen LogP contribution in [0.15, 0.2) is 58.6 Å². The molecule has 1 amide bonds. The number of aliphatic imine (C=N–C) groups is 1. The van der Waals surface area contributed by atoms with Gasteiger partial charge in [0.25, 0.3) is 0 Å². The van der Waals surface area contributed by atoms with Gasteiger partial charge in [0, 0.05) is 24.4 Å². The van der Waals surface area contributed by atoms with Crippen LogP contribution < -0.4 is 5.43 Å². The summed E-state index contributed by atoms with van der Waals surface area (Å²) in [4.78, 5) is 20.0. The van der Waals surface area contributed by atoms with Crippen molar-refractivity contribution in [2.24, 2.45) is 16.0 Å². The Morgan fingerprint density at radius 1 is 1.26 bits per heavy atom. The van der Waals surface area contributed by atoms with Gasteiger partial charge in [-0.25, -0.2) is 13.8 Å². The summed E-state index contributed by atoms with van der Waals surface area (Å²) in [5.74, 6) is -1.15. The topological polar surface area (TPSA) is 61.4 Å². The Labute approximate surface area is 202 Å². The van der Waals surface area contributed by atoms with Gasteiger partial charge in [-0.1, -0.05) is 68.3 Å². The van der Waals surface area contributed by atoms with Crippen LogP contribution in [0.25, 0.3) is 4.95 Å². The van der Waals surface area contributed by atoms with E-state index in [-0.39, 0.29) is 22.4 Å². The van der Waals surface area contributed by atoms with E-state index in [1.165, 1.54) is 16.8 Å². The fraction of sp³-hybridized carbons (Fsp3) is 0.360. The molecule has 3 rings (SSSR count). The number of carbonyl (C=O) groups excluding carboxylic acids is 1. The van der Waals surface area contributed by atoms with Gasteiger partial charge in [-0.3, -0.25) is 9.79 Å². The van der Waals surface area contributed by atoms with Crippen molar-refractivity contribution in [1.82, 2.24) is 10.4 Å². The van der Waals surface area contributed by atoms with Crippen molar-refractivity contribution in [3.63, 3.8) is 0 Å². The molecule has 34 heavy (non-hydrogen) atoms. The number of amides is 1. The van der Waals surface area contributed by atoms with Crippen LogP contribution in [0.4, 0.5) is 8.78 Å². The highest BCUT2D eigenvalue weighted by Crippen LogP contribution is 2.51. The van der Waals surface area contributed by atoms with E-state index < -0.39 is 16.5 Å². The molecule has 2 aromatic rings. The molecule has 1 N–H and O–H groups in total. The van der Waals surface area contributed by atoms with Gasteiger partial charge < -0.3 is 0 Å². The van der Waals surface area contributed by atoms with Crippen molar-refractivity contribution in [1.29, 1.82) is 0 Å². The second-order valence-corrected chi connectivity index (χ2v) is 9.36. The minimum absolute atomic E-state index is 0.0249. The van der Waals surface area contributed by atoms with Crippen molar-refractivity contribution in [2.45, 2.75) is 44.9 Å². The first-order valence-electron chi connectivity index (χ1n) is 11.1. The summed E-state index contributed by atoms with van der Waals surface area (Å²) in [6.45, 7) is 12.9. The van der Waals surface area contributed by atoms with Gasteiger partial charge in [-0.2, -0.15) is 16.6 Å². The quantitative estimate of drug-likeness (QED) is 0.172. The Hall–Kier alpha value is -3.25. The van der Waals surface area contributed by atoms with E-state index in [1.54, 1.807) is 13.8 Å². The van der Waals surface area contributed by atoms with Crippen molar-refractivity contribution in [3.8, 4) is 0 Å². The summed E-state index contributed by atoms with van der Waals surface area (Å²) in [6, 6.07) is 12.7. The van der Waals surface area contributed by atoms with E-state index in [4.69, 9.17) is 6.57 Å². The predicted molar refractivity (Wildman–Crippen MR) is 132 cm³/mol. The lowest BCUT2D eigenvalue weighted by Gasteiger charge is -2.36. The number of amidine groups is 1. The minimum atomic E-state index is -0.939. The molecule has 2 aromatic carbocycles. The Bertz CT molecular complexity index is 1130. The van der Waals surface area contributed by atoms with Crippen molar-refractivity contribution < 1.29 is 13.6 Å². The zero-order chi connectivity index (χ0) is 24.7. The van der Waals surface area contributed by atoms with Gasteiger partial charge >= 0.3 is 0 Å². The maximum Gasteiger partial charge on any atom is 0.246 e. The number of hydrogen-bond donors (Lipinski definition) is 1. The second kappa shape index (κ2) is 11.3. The summed E-state index contributed by atoms with van der Waals surface area (Å²) in [5, 5.41) is 6.22. The van der Waals surface area contributed by atoms with Gasteiger partial charge in [0.15, 0.2) is 5.84 Å². The van der Waals surface area contributed by atoms with E-state index in [9.17, 15) is 13.6 Å². The van der Waals surface area contributed by atoms with Crippen LogP contribution in [-0.4, -0.2) is 28.3 Å². The molecule has 6 nitrogen and oxygen atoms in total. The average molecular weight is 484 g/mol. The highest BCUT2D eigenvalue weighted by Gasteiger charge is 2.49. The predicted octanol–water partition coefficient (Wildman–Crippen LogP) is 5.72. The van der Waals surface area contributed by atoms with Crippen LogP contribution in [0, 0.1) is 24.1 Å². The van der Waals surface area contributed by atoms with Gasteiger partial charge in [0.05, 0.1) is 0 Å². The average Bonchev–Trinajstić information content (AvgIpc) is 3.23. The maximum atomic E-state index is 14.7. The molecule has 0 saturated carbocycles. The lowest BCUT2D eigenvalue weighted by molar-refractivity contribution is -0.138. The third kappa shape index (κ3) is 5.45. The molecule has 0 aromatic heterocycles. The van der Waals surface area contributed by atoms with Crippen LogP contribution in [0.3, 0.4) is 0 Å². The molecule has 1 heterocycles. The standard InChI is InChI=1S/C25H27F2N5OS/c1-5-22(30-28-4)29-15-9-14-25(18-10-7-6-8-11-18)32(24(33)17(2)3)31-23(34-25)20-16-19(26)12-13-21(20)27/h6-8,10-13,16-17H,5,9,14-15H2,1-3H3,(H,29,30). The highest BCUT2D eigenvalue weighted by molar-refractivity contribution is 8.15. The van der Waals surface area contributed by atoms with E-state index >= 15 is 0 Å². The smallest absolute Gasteiger partial charge is 0.246 e. The fourth-order valence-electron chi connectivity index (χ4n) is 3.64. The summed E-state index contributed by atoms with van der Waals surface area (Å²) in [6.07, 6.45) is 1.66. The lowest BCUT2D eigenvalue weighted by Crippen LogP contribution is -2.43. The second-order valence-electron chi connectivity index (χ2n) is 8.10. The van der Waals surface area contributed by atoms with Crippen LogP contribution in [0.1, 0.15) is 51.2 Å². The van der Waals surface area contributed by atoms with Crippen LogP contribution in [0.2, 0.25) is 0 Å². The van der Waals surface area contributed by atoms with Crippen molar-refractivity contribution in [2.75, 3.05) is 6.54 Å². The third-order valence-electron chi connectivity index (χ3n) is 5.38. The molecule has 1 unspecified atom stereocenters. The van der Waals surface area contributed by atoms with Gasteiger partial charge in [-0.05, 0) is 36.6 Å². The number of thioether (sulfide) groups is 1. The fourth-order valence-corrected chi connectivity index (χ4v) is 5.07. The van der Waals surface area contributed by atoms with E-state index in [0.29, 0.717) is 31.6 Å². The molecule has 0 spiro atoms. The molecule has 0 saturated heterocycles. The van der Waals surface area contributed by atoms with Gasteiger partial charge in [0.1, 0.15) is 21.5 Å². The molecule has 9 heteroatoms. The molecule has 0 bridgehead atoms. The molecule has 0 radical (unpaired) electrons. The normalized spacial score (nSPS) is 18.1. The Morgan fingerprint density at radius 2 is 2.00 bits per heavy atom. The monoisotopic (exact) mass is 483 g/mol. The maximum absolute atomic E-state index is 14.7. The van der Waals surface area contributed by atoms with E-state index in [2.05, 4.69) is 20.5 Å². The first-order chi connectivity index (χ1) is 16.3. The molecule has 1 atom stereocenters. The summed E-state index contributed by atoms with van der Waals surface area (Å²) in [5.41, 5.74) is 3.42. The molecule has 1 aliphatic heterocycles. The number of halogens is 2. The SMILES string of the molecule is [C-]#[N+]NC(CC)=NCCCC1(c2ccccc2)SC(c2cc(F)ccc2F)=NN1C(=O)C(C)C. The van der Waals surface area contributed by atoms with E-state index in [0.717, 1.165) is 23.8 Å². The third-order valence-corrected chi connectivity index (χ3v) is 6.83. The van der Waals surface area contributed by atoms with Crippen LogP contribution in [0.5, 0.6) is 0 Å². The summed E-state index contributed by atoms with van der Waals surface area (Å²) in [7, 11) is 0. The lowest BCUT2D eigenvalue weighted by atomic mass is 9.99. The first kappa shape index (κ1) is 25.4. The highest BCUT2D eigenvalue weighted by atomic mass is 32.2. The number of benzene rings is 2. The number of hydrazone groups is 1. The summed E-state index contributed by atoms with van der Waals surface area (Å²) < 4.78 is 28.6. The van der Waals surface area contributed by atoms with Crippen molar-refractivity contribution >= 4 is 28.5 Å². The van der Waals surface area contributed by atoms with Crippen molar-refractivity contribution in [3.05, 3.63) is 82.8 Å². The molecule has 0 aliphatic carbocycles. The Morgan fingerprint density at radius 3 is 2.65 bits per heavy atom. The molecule has 1 aliphatic rings. The number of nitrogens with one attached hydrogen (secondary N) is 1. The molecular weight excluding hydrogens is 456 g/mol.